The minimum absolute atomic E-state index is 0.0585. The fourth-order valence-electron chi connectivity index (χ4n) is 3.68. The van der Waals surface area contributed by atoms with Crippen molar-refractivity contribution in [1.29, 1.82) is 0 Å². The van der Waals surface area contributed by atoms with Crippen LogP contribution in [0.25, 0.3) is 0 Å². The van der Waals surface area contributed by atoms with Crippen LogP contribution in [0.3, 0.4) is 0 Å². The molecule has 0 aromatic heterocycles. The number of carbonyl (C=O) groups excluding carboxylic acids is 1. The van der Waals surface area contributed by atoms with Gasteiger partial charge in [-0.3, -0.25) is 4.79 Å². The first kappa shape index (κ1) is 17.1. The molecule has 0 aromatic carbocycles. The van der Waals surface area contributed by atoms with Crippen molar-refractivity contribution in [2.75, 3.05) is 39.1 Å². The number of hydrogen-bond donors (Lipinski definition) is 1. The maximum Gasteiger partial charge on any atom is 0.249 e. The predicted molar refractivity (Wildman–Crippen MR) is 84.4 cm³/mol. The summed E-state index contributed by atoms with van der Waals surface area (Å²) in [6.07, 6.45) is 4.06. The smallest absolute Gasteiger partial charge is 0.249 e. The zero-order valence-corrected chi connectivity index (χ0v) is 14.4. The number of ether oxygens (including phenoxy) is 2. The van der Waals surface area contributed by atoms with E-state index in [0.717, 1.165) is 32.5 Å². The van der Waals surface area contributed by atoms with Crippen LogP contribution in [0, 0.1) is 11.8 Å². The van der Waals surface area contributed by atoms with Gasteiger partial charge in [0.2, 0.25) is 15.9 Å². The Balaban J connectivity index is 1.48. The van der Waals surface area contributed by atoms with E-state index in [9.17, 15) is 13.2 Å². The fraction of sp³-hybridized carbons (Fsp3) is 0.933. The quantitative estimate of drug-likeness (QED) is 0.773. The number of nitrogens with one attached hydrogen (secondary N) is 1. The van der Waals surface area contributed by atoms with Crippen molar-refractivity contribution in [2.45, 2.75) is 37.9 Å². The first-order valence-electron chi connectivity index (χ1n) is 8.39. The van der Waals surface area contributed by atoms with Crippen molar-refractivity contribution in [3.63, 3.8) is 0 Å². The molecule has 0 spiro atoms. The van der Waals surface area contributed by atoms with Crippen LogP contribution in [0.1, 0.15) is 25.7 Å². The van der Waals surface area contributed by atoms with Crippen LogP contribution >= 0.6 is 0 Å². The van der Waals surface area contributed by atoms with Crippen LogP contribution in [0.5, 0.6) is 0 Å². The van der Waals surface area contributed by atoms with Gasteiger partial charge in [0.1, 0.15) is 6.10 Å². The molecule has 3 heterocycles. The Morgan fingerprint density at radius 2 is 2.00 bits per heavy atom. The number of carbonyl (C=O) groups is 1. The van der Waals surface area contributed by atoms with E-state index in [4.69, 9.17) is 9.47 Å². The normalized spacial score (nSPS) is 33.3. The lowest BCUT2D eigenvalue weighted by molar-refractivity contribution is -0.132. The van der Waals surface area contributed by atoms with E-state index in [1.165, 1.54) is 10.6 Å². The molecule has 3 aliphatic rings. The topological polar surface area (TPSA) is 84.9 Å². The lowest BCUT2D eigenvalue weighted by atomic mass is 9.92. The van der Waals surface area contributed by atoms with Gasteiger partial charge in [0.05, 0.1) is 12.4 Å². The second-order valence-electron chi connectivity index (χ2n) is 6.87. The van der Waals surface area contributed by atoms with E-state index in [-0.39, 0.29) is 17.9 Å². The third-order valence-electron chi connectivity index (χ3n) is 5.18. The predicted octanol–water partition coefficient (Wildman–Crippen LogP) is -0.0318. The summed E-state index contributed by atoms with van der Waals surface area (Å²) in [7, 11) is -3.19. The highest BCUT2D eigenvalue weighted by Gasteiger charge is 2.43. The number of amides is 1. The molecule has 0 saturated carbocycles. The van der Waals surface area contributed by atoms with Crippen molar-refractivity contribution in [2.24, 2.45) is 11.8 Å². The number of nitrogens with zero attached hydrogens (tertiary/aromatic N) is 1. The Bertz CT molecular complexity index is 532. The molecule has 3 atom stereocenters. The van der Waals surface area contributed by atoms with Crippen LogP contribution in [0.4, 0.5) is 0 Å². The molecule has 3 fully saturated rings. The second kappa shape index (κ2) is 7.04. The van der Waals surface area contributed by atoms with Gasteiger partial charge in [-0.2, -0.15) is 4.31 Å². The number of sulfonamides is 1. The fourth-order valence-corrected chi connectivity index (χ4v) is 4.54. The van der Waals surface area contributed by atoms with E-state index in [1.807, 2.05) is 0 Å². The summed E-state index contributed by atoms with van der Waals surface area (Å²) in [6, 6.07) is 0. The van der Waals surface area contributed by atoms with E-state index in [0.29, 0.717) is 32.0 Å². The van der Waals surface area contributed by atoms with Crippen molar-refractivity contribution in [3.8, 4) is 0 Å². The molecule has 1 N–H and O–H groups in total. The molecule has 132 valence electrons. The number of piperidine rings is 1. The largest absolute Gasteiger partial charge is 0.381 e. The van der Waals surface area contributed by atoms with Gasteiger partial charge < -0.3 is 14.8 Å². The lowest BCUT2D eigenvalue weighted by Crippen LogP contribution is -2.45. The highest BCUT2D eigenvalue weighted by atomic mass is 32.2. The van der Waals surface area contributed by atoms with E-state index < -0.39 is 16.1 Å². The van der Waals surface area contributed by atoms with Crippen molar-refractivity contribution in [3.05, 3.63) is 0 Å². The maximum atomic E-state index is 12.3. The third-order valence-corrected chi connectivity index (χ3v) is 6.45. The molecule has 3 aliphatic heterocycles. The lowest BCUT2D eigenvalue weighted by Gasteiger charge is -2.32. The highest BCUT2D eigenvalue weighted by molar-refractivity contribution is 7.88. The number of hydrogen-bond acceptors (Lipinski definition) is 5. The summed E-state index contributed by atoms with van der Waals surface area (Å²) in [4.78, 5) is 12.3. The molecule has 1 amide bonds. The average molecular weight is 346 g/mol. The zero-order valence-electron chi connectivity index (χ0n) is 13.6. The summed E-state index contributed by atoms with van der Waals surface area (Å²) in [5.74, 6) is 0.709. The van der Waals surface area contributed by atoms with Crippen LogP contribution in [-0.4, -0.2) is 69.9 Å². The van der Waals surface area contributed by atoms with Crippen molar-refractivity contribution in [1.82, 2.24) is 9.62 Å². The van der Waals surface area contributed by atoms with Gasteiger partial charge in [0, 0.05) is 32.8 Å². The van der Waals surface area contributed by atoms with E-state index >= 15 is 0 Å². The first-order valence-corrected chi connectivity index (χ1v) is 10.2. The van der Waals surface area contributed by atoms with Gasteiger partial charge in [0.15, 0.2) is 0 Å². The van der Waals surface area contributed by atoms with E-state index in [1.54, 1.807) is 0 Å². The van der Waals surface area contributed by atoms with Crippen LogP contribution in [0.15, 0.2) is 0 Å². The molecule has 7 nitrogen and oxygen atoms in total. The summed E-state index contributed by atoms with van der Waals surface area (Å²) in [5, 5.41) is 2.99. The molecule has 3 rings (SSSR count). The van der Waals surface area contributed by atoms with Gasteiger partial charge in [-0.1, -0.05) is 0 Å². The summed E-state index contributed by atoms with van der Waals surface area (Å²) in [6.45, 7) is 3.11. The van der Waals surface area contributed by atoms with Crippen LogP contribution in [-0.2, 0) is 24.3 Å². The summed E-state index contributed by atoms with van der Waals surface area (Å²) >= 11 is 0. The Kier molecular flexibility index (Phi) is 5.25. The molecule has 0 bridgehead atoms. The summed E-state index contributed by atoms with van der Waals surface area (Å²) < 4.78 is 35.9. The Morgan fingerprint density at radius 1 is 1.26 bits per heavy atom. The molecule has 0 aliphatic carbocycles. The Labute approximate surface area is 137 Å². The summed E-state index contributed by atoms with van der Waals surface area (Å²) in [5.41, 5.74) is 0. The minimum Gasteiger partial charge on any atom is -0.381 e. The number of fused-ring (bicyclic) bond motifs is 1. The Morgan fingerprint density at radius 3 is 2.70 bits per heavy atom. The standard InChI is InChI=1S/C15H26N2O5S/c1-23(19,20)17-5-2-12-8-13(22-14(12)10-17)15(18)16-9-11-3-6-21-7-4-11/h11-14H,2-10H2,1H3,(H,16,18)/t12-,13+,14+/m1/s1. The van der Waals surface area contributed by atoms with Crippen molar-refractivity contribution >= 4 is 15.9 Å². The van der Waals surface area contributed by atoms with Gasteiger partial charge in [-0.05, 0) is 37.5 Å². The number of rotatable bonds is 4. The average Bonchev–Trinajstić information content (AvgIpc) is 2.96. The molecule has 3 saturated heterocycles. The molecule has 23 heavy (non-hydrogen) atoms. The minimum atomic E-state index is -3.19. The van der Waals surface area contributed by atoms with Gasteiger partial charge >= 0.3 is 0 Å². The molecular weight excluding hydrogens is 320 g/mol. The van der Waals surface area contributed by atoms with E-state index in [2.05, 4.69) is 5.32 Å². The van der Waals surface area contributed by atoms with Gasteiger partial charge in [-0.15, -0.1) is 0 Å². The Hall–Kier alpha value is -0.700. The second-order valence-corrected chi connectivity index (χ2v) is 8.85. The maximum absolute atomic E-state index is 12.3. The van der Waals surface area contributed by atoms with Crippen molar-refractivity contribution < 1.29 is 22.7 Å². The van der Waals surface area contributed by atoms with Crippen LogP contribution in [0.2, 0.25) is 0 Å². The SMILES string of the molecule is CS(=O)(=O)N1CC[C@@H]2C[C@@H](C(=O)NCC3CCOCC3)O[C@H]2C1. The van der Waals surface area contributed by atoms with Gasteiger partial charge in [-0.25, -0.2) is 8.42 Å². The monoisotopic (exact) mass is 346 g/mol. The molecular formula is C15H26N2O5S. The first-order chi connectivity index (χ1) is 10.9. The van der Waals surface area contributed by atoms with Gasteiger partial charge in [0.25, 0.3) is 0 Å². The zero-order chi connectivity index (χ0) is 16.4. The molecule has 0 radical (unpaired) electrons. The third kappa shape index (κ3) is 4.23. The highest BCUT2D eigenvalue weighted by Crippen LogP contribution is 2.34. The molecule has 0 unspecified atom stereocenters. The molecule has 8 heteroatoms. The van der Waals surface area contributed by atoms with Crippen LogP contribution < -0.4 is 5.32 Å². The molecule has 0 aromatic rings.